The molecule has 29 heavy (non-hydrogen) atoms. The second-order valence-electron chi connectivity index (χ2n) is 8.05. The second kappa shape index (κ2) is 8.71. The van der Waals surface area contributed by atoms with E-state index in [-0.39, 0.29) is 12.1 Å². The fourth-order valence-electron chi connectivity index (χ4n) is 3.99. The molecule has 3 aliphatic rings. The first kappa shape index (κ1) is 19.5. The largest absolute Gasteiger partial charge is 0.352 e. The van der Waals surface area contributed by atoms with E-state index >= 15 is 0 Å². The molecule has 3 heterocycles. The Balaban J connectivity index is 1.42. The second-order valence-corrected chi connectivity index (χ2v) is 8.05. The average Bonchev–Trinajstić information content (AvgIpc) is 3.14. The van der Waals surface area contributed by atoms with Crippen molar-refractivity contribution in [3.05, 3.63) is 30.1 Å². The van der Waals surface area contributed by atoms with E-state index in [0.717, 1.165) is 61.5 Å². The Morgan fingerprint density at radius 2 is 2.03 bits per heavy atom. The molecule has 1 aliphatic carbocycles. The number of aromatic nitrogens is 2. The zero-order valence-electron chi connectivity index (χ0n) is 17.2. The molecule has 0 radical (unpaired) electrons. The van der Waals surface area contributed by atoms with Gasteiger partial charge in [0.2, 0.25) is 5.95 Å². The quantitative estimate of drug-likeness (QED) is 0.687. The minimum Gasteiger partial charge on any atom is -0.352 e. The van der Waals surface area contributed by atoms with Crippen LogP contribution >= 0.6 is 0 Å². The molecule has 0 aromatic carbocycles. The van der Waals surface area contributed by atoms with Crippen LogP contribution in [0.5, 0.6) is 0 Å². The van der Waals surface area contributed by atoms with E-state index in [2.05, 4.69) is 44.6 Å². The van der Waals surface area contributed by atoms with E-state index in [1.54, 1.807) is 0 Å². The summed E-state index contributed by atoms with van der Waals surface area (Å²) in [6.45, 7) is 5.00. The lowest BCUT2D eigenvalue weighted by Gasteiger charge is -2.31. The number of hydrogen-bond acceptors (Lipinski definition) is 7. The predicted octanol–water partition coefficient (Wildman–Crippen LogP) is 3.27. The number of nitrogens with zero attached hydrogens (tertiary/aromatic N) is 5. The van der Waals surface area contributed by atoms with Gasteiger partial charge in [-0.15, -0.1) is 0 Å². The number of rotatable bonds is 6. The summed E-state index contributed by atoms with van der Waals surface area (Å²) < 4.78 is 0. The molecule has 0 bridgehead atoms. The first-order valence-electron chi connectivity index (χ1n) is 10.6. The van der Waals surface area contributed by atoms with E-state index in [9.17, 15) is 0 Å². The molecule has 3 N–H and O–H groups in total. The van der Waals surface area contributed by atoms with E-state index < -0.39 is 0 Å². The third-order valence-electron chi connectivity index (χ3n) is 5.64. The molecule has 1 saturated carbocycles. The van der Waals surface area contributed by atoms with Crippen molar-refractivity contribution in [2.24, 2.45) is 9.98 Å². The van der Waals surface area contributed by atoms with Crippen molar-refractivity contribution < 1.29 is 0 Å². The smallest absolute Gasteiger partial charge is 0.222 e. The summed E-state index contributed by atoms with van der Waals surface area (Å²) >= 11 is 0. The fraction of sp³-hybridized carbons (Fsp3) is 0.571. The fourth-order valence-corrected chi connectivity index (χ4v) is 3.99. The number of hydrazine groups is 1. The van der Waals surface area contributed by atoms with Crippen LogP contribution in [-0.2, 0) is 0 Å². The highest BCUT2D eigenvalue weighted by molar-refractivity contribution is 6.07. The lowest BCUT2D eigenvalue weighted by atomic mass is 9.94. The molecule has 1 aromatic heterocycles. The molecule has 2 aliphatic heterocycles. The van der Waals surface area contributed by atoms with Gasteiger partial charge in [-0.1, -0.05) is 13.3 Å². The van der Waals surface area contributed by atoms with Crippen LogP contribution < -0.4 is 10.7 Å². The predicted molar refractivity (Wildman–Crippen MR) is 117 cm³/mol. The molecule has 8 nitrogen and oxygen atoms in total. The van der Waals surface area contributed by atoms with Crippen LogP contribution in [0.3, 0.4) is 0 Å². The summed E-state index contributed by atoms with van der Waals surface area (Å²) in [6, 6.07) is 0.708. The van der Waals surface area contributed by atoms with E-state index in [1.165, 1.54) is 0 Å². The summed E-state index contributed by atoms with van der Waals surface area (Å²) in [5.41, 5.74) is 5.31. The molecule has 1 fully saturated rings. The molecule has 0 spiro atoms. The molecule has 2 atom stereocenters. The van der Waals surface area contributed by atoms with Crippen LogP contribution in [-0.4, -0.2) is 51.0 Å². The van der Waals surface area contributed by atoms with Gasteiger partial charge in [0, 0.05) is 29.7 Å². The number of hydrogen-bond donors (Lipinski definition) is 3. The minimum absolute atomic E-state index is 0.0572. The maximum Gasteiger partial charge on any atom is 0.222 e. The highest BCUT2D eigenvalue weighted by Crippen LogP contribution is 2.27. The Hall–Kier alpha value is -2.77. The van der Waals surface area contributed by atoms with Gasteiger partial charge in [-0.2, -0.15) is 0 Å². The first-order valence-corrected chi connectivity index (χ1v) is 10.6. The van der Waals surface area contributed by atoms with E-state index in [1.807, 2.05) is 24.5 Å². The van der Waals surface area contributed by atoms with E-state index in [0.29, 0.717) is 18.5 Å². The van der Waals surface area contributed by atoms with Gasteiger partial charge in [-0.3, -0.25) is 20.4 Å². The van der Waals surface area contributed by atoms with Gasteiger partial charge in [-0.05, 0) is 51.2 Å². The molecule has 8 heteroatoms. The third kappa shape index (κ3) is 4.63. The Kier molecular flexibility index (Phi) is 5.87. The number of fused-ring (bicyclic) bond motifs is 1. The lowest BCUT2D eigenvalue weighted by Crippen LogP contribution is -2.48. The molecule has 0 saturated heterocycles. The average molecular weight is 395 g/mol. The maximum atomic E-state index is 7.77. The van der Waals surface area contributed by atoms with Crippen LogP contribution in [0, 0.1) is 5.41 Å². The number of nitrogens with one attached hydrogen (secondary N) is 3. The standard InChI is InChI=1S/C21H30N8/c1-3-4-14(2)26-21-24-11-15(12-25-21)18-13-23-20-10-9-19(28-29(18)20)27-17-7-5-16(22)6-8-17/h9-12,14,17-18,22H,3-8,13H2,1-2H3,(H,27,28)(H,24,25,26). The van der Waals surface area contributed by atoms with Crippen LogP contribution in [0.1, 0.15) is 64.0 Å². The number of aliphatic imine (C=N–C) groups is 2. The van der Waals surface area contributed by atoms with Crippen molar-refractivity contribution in [1.82, 2.24) is 20.4 Å². The summed E-state index contributed by atoms with van der Waals surface area (Å²) in [5, 5.41) is 13.2. The zero-order chi connectivity index (χ0) is 20.2. The van der Waals surface area contributed by atoms with Gasteiger partial charge in [0.1, 0.15) is 11.7 Å². The zero-order valence-corrected chi connectivity index (χ0v) is 17.2. The normalized spacial score (nSPS) is 26.1. The SMILES string of the molecule is CCCC(C)Nc1ncc(C2CN=C3C=CC(=NC4CCC(=N)CC4)NN32)cn1. The Labute approximate surface area is 172 Å². The van der Waals surface area contributed by atoms with Gasteiger partial charge in [-0.25, -0.2) is 9.97 Å². The van der Waals surface area contributed by atoms with Crippen molar-refractivity contribution >= 4 is 23.3 Å². The summed E-state index contributed by atoms with van der Waals surface area (Å²) in [7, 11) is 0. The highest BCUT2D eigenvalue weighted by atomic mass is 15.6. The van der Waals surface area contributed by atoms with Gasteiger partial charge < -0.3 is 10.7 Å². The third-order valence-corrected chi connectivity index (χ3v) is 5.64. The van der Waals surface area contributed by atoms with Crippen LogP contribution in [0.25, 0.3) is 0 Å². The Morgan fingerprint density at radius 1 is 1.28 bits per heavy atom. The van der Waals surface area contributed by atoms with Gasteiger partial charge in [0.25, 0.3) is 0 Å². The van der Waals surface area contributed by atoms with Crippen molar-refractivity contribution in [2.75, 3.05) is 11.9 Å². The molecule has 2 unspecified atom stereocenters. The maximum absolute atomic E-state index is 7.77. The van der Waals surface area contributed by atoms with Crippen molar-refractivity contribution in [2.45, 2.75) is 70.5 Å². The van der Waals surface area contributed by atoms with Gasteiger partial charge in [0.05, 0.1) is 18.6 Å². The van der Waals surface area contributed by atoms with Crippen LogP contribution in [0.15, 0.2) is 34.5 Å². The number of anilines is 1. The molecule has 0 amide bonds. The minimum atomic E-state index is 0.0572. The Morgan fingerprint density at radius 3 is 2.76 bits per heavy atom. The van der Waals surface area contributed by atoms with Crippen LogP contribution in [0.2, 0.25) is 0 Å². The number of amidine groups is 2. The lowest BCUT2D eigenvalue weighted by molar-refractivity contribution is 0.309. The Bertz CT molecular complexity index is 816. The van der Waals surface area contributed by atoms with Crippen molar-refractivity contribution in [3.8, 4) is 0 Å². The molecular formula is C21H30N8. The van der Waals surface area contributed by atoms with Crippen LogP contribution in [0.4, 0.5) is 5.95 Å². The summed E-state index contributed by atoms with van der Waals surface area (Å²) in [4.78, 5) is 18.5. The van der Waals surface area contributed by atoms with E-state index in [4.69, 9.17) is 10.4 Å². The molecule has 4 rings (SSSR count). The summed E-state index contributed by atoms with van der Waals surface area (Å²) in [5.74, 6) is 2.45. The van der Waals surface area contributed by atoms with Crippen molar-refractivity contribution in [1.29, 1.82) is 5.41 Å². The highest BCUT2D eigenvalue weighted by Gasteiger charge is 2.31. The molecular weight excluding hydrogens is 364 g/mol. The topological polar surface area (TPSA) is 102 Å². The first-order chi connectivity index (χ1) is 14.1. The van der Waals surface area contributed by atoms with Crippen molar-refractivity contribution in [3.63, 3.8) is 0 Å². The summed E-state index contributed by atoms with van der Waals surface area (Å²) in [6.07, 6.45) is 13.7. The monoisotopic (exact) mass is 394 g/mol. The van der Waals surface area contributed by atoms with Gasteiger partial charge in [0.15, 0.2) is 0 Å². The molecule has 154 valence electrons. The molecule has 1 aromatic rings. The van der Waals surface area contributed by atoms with Gasteiger partial charge >= 0.3 is 0 Å².